The smallest absolute Gasteiger partial charge is 0.412 e. The Bertz CT molecular complexity index is 5470. The first kappa shape index (κ1) is 99.8. The number of benzene rings is 6. The average molecular weight is 1920 g/mol. The van der Waals surface area contributed by atoms with E-state index in [9.17, 15) is 63.7 Å². The fraction of sp³-hybridized carbons (Fsp3) is 0.531. The number of ketones is 3. The molecule has 7 aliphatic heterocycles. The van der Waals surface area contributed by atoms with Crippen molar-refractivity contribution in [1.82, 2.24) is 31.3 Å². The molecule has 35 nitrogen and oxygen atoms in total. The minimum atomic E-state index is -3.95. The topological polar surface area (TPSA) is 548 Å². The zero-order chi connectivity index (χ0) is 96.2. The largest absolute Gasteiger partial charge is 0.507 e. The molecule has 15 bridgehead atoms. The van der Waals surface area contributed by atoms with Crippen molar-refractivity contribution >= 4 is 86.2 Å². The van der Waals surface area contributed by atoms with Gasteiger partial charge in [0.2, 0.25) is 51.6 Å². The number of sulfonamides is 1. The van der Waals surface area contributed by atoms with Crippen LogP contribution < -0.4 is 66.5 Å². The number of phenolic OH excluding ortho intramolecular Hbond substituents is 2. The van der Waals surface area contributed by atoms with Crippen LogP contribution in [0.5, 0.6) is 51.7 Å². The lowest BCUT2D eigenvalue weighted by molar-refractivity contribution is -0.333. The highest BCUT2D eigenvalue weighted by Crippen LogP contribution is 2.59. The Morgan fingerprint density at radius 1 is 0.679 bits per heavy atom. The van der Waals surface area contributed by atoms with Gasteiger partial charge in [-0.1, -0.05) is 81.9 Å². The van der Waals surface area contributed by atoms with E-state index in [4.69, 9.17) is 72.6 Å². The standard InChI is InChI=1S/C96H118Cl2N8O27S/c1-7-9-12-25-126-57-16-18-59(19-17-57)134(124,125)102-24-11-10-23-101-95(123)128-58-39-63-78(67(109)40-58)62-32-50(13-20-66(62)108)61-42-69(111)79-55-36-73(129-71-21-14-51(33-64(71)97)83(114)81(105-90(119)49(8-2)26-45(3)4)68(110)35-56(38-76(99)113)91(120)103-79)87(133-94-88(86(117)85(116)75(44-107)131-94)132-77-43-96(6,100)89(118)46(5)127-77)74(37-55)130-72-22-15-52(34-65(72)98)84(115)82(106-92(61)121)93(122)104-80(63)70(112)41-60-53-28-47-27-48(30-53)31-54(60)29-47/h13-22,32-34,36-37,39-40,45-49,53-54,56,60-61,75,77,79-86,88-89,94,102,107-109,114-118H,7-12,23-31,35,38,41-44,100H2,1-6H3,(H2,99,113)(H,101,123)(H,103,120)(H,104,122)(H,105,119)(H,106,121)/t46-,47?,48?,49+,53?,54?,56-,60?,61+,75+,77-,79+,80-,81-,82-,83+,84+,85+,86-,88+,89+,94-,96-/m0/s1. The molecule has 6 aromatic carbocycles. The molecule has 6 fully saturated rings. The number of rotatable bonds is 28. The minimum Gasteiger partial charge on any atom is -0.507 e. The number of carbonyl (C=O) groups excluding carboxylic acids is 9. The molecule has 724 valence electrons. The van der Waals surface area contributed by atoms with Gasteiger partial charge in [0.1, 0.15) is 89.2 Å². The normalized spacial score (nSPS) is 29.3. The summed E-state index contributed by atoms with van der Waals surface area (Å²) in [6.45, 7) is 10.0. The van der Waals surface area contributed by atoms with Crippen LogP contribution in [0.2, 0.25) is 10.0 Å². The first-order valence-corrected chi connectivity index (χ1v) is 48.0. The number of aliphatic hydroxyl groups is 6. The lowest BCUT2D eigenvalue weighted by Crippen LogP contribution is -2.64. The van der Waals surface area contributed by atoms with Gasteiger partial charge in [-0.3, -0.25) is 38.4 Å². The first-order chi connectivity index (χ1) is 63.8. The molecule has 6 aromatic rings. The number of ether oxygens (including phenoxy) is 8. The number of hydrogen-bond acceptors (Lipinski definition) is 28. The highest BCUT2D eigenvalue weighted by Gasteiger charge is 2.54. The Kier molecular flexibility index (Phi) is 31.7. The van der Waals surface area contributed by atoms with Gasteiger partial charge in [0.05, 0.1) is 52.2 Å². The second-order valence-electron chi connectivity index (χ2n) is 37.4. The maximum Gasteiger partial charge on any atom is 0.412 e. The number of fused-ring (bicyclic) bond motifs is 15. The van der Waals surface area contributed by atoms with E-state index in [1.165, 1.54) is 74.5 Å². The van der Waals surface area contributed by atoms with E-state index in [1.807, 2.05) is 13.8 Å². The maximum atomic E-state index is 16.7. The van der Waals surface area contributed by atoms with Crippen LogP contribution in [0, 0.1) is 47.3 Å². The number of unbranched alkanes of at least 4 members (excludes halogenated alkanes) is 3. The maximum absolute atomic E-state index is 16.7. The van der Waals surface area contributed by atoms with Crippen molar-refractivity contribution in [1.29, 1.82) is 0 Å². The number of aliphatic hydroxyl groups excluding tert-OH is 6. The van der Waals surface area contributed by atoms with Gasteiger partial charge in [0.15, 0.2) is 41.2 Å². The molecule has 2 saturated heterocycles. The quantitative estimate of drug-likeness (QED) is 0.0203. The Morgan fingerprint density at radius 3 is 1.95 bits per heavy atom. The van der Waals surface area contributed by atoms with Crippen molar-refractivity contribution in [2.45, 2.75) is 253 Å². The molecule has 134 heavy (non-hydrogen) atoms. The monoisotopic (exact) mass is 1920 g/mol. The second-order valence-corrected chi connectivity index (χ2v) is 40.0. The summed E-state index contributed by atoms with van der Waals surface area (Å²) < 4.78 is 79.9. The van der Waals surface area contributed by atoms with Crippen LogP contribution in [0.15, 0.2) is 108 Å². The number of nitrogens with two attached hydrogens (primary N) is 2. The molecular formula is C96H118Cl2N8O27S. The van der Waals surface area contributed by atoms with Crippen LogP contribution in [-0.4, -0.2) is 195 Å². The Labute approximate surface area is 785 Å². The summed E-state index contributed by atoms with van der Waals surface area (Å²) in [6, 6.07) is 13.1. The van der Waals surface area contributed by atoms with E-state index in [-0.39, 0.29) is 129 Å². The van der Waals surface area contributed by atoms with Crippen molar-refractivity contribution in [3.63, 3.8) is 0 Å². The molecule has 18 atom stereocenters. The number of halogens is 2. The summed E-state index contributed by atoms with van der Waals surface area (Å²) in [4.78, 5) is 138. The summed E-state index contributed by atoms with van der Waals surface area (Å²) in [6.07, 6.45) is -13.5. The van der Waals surface area contributed by atoms with E-state index in [0.717, 1.165) is 81.7 Å². The van der Waals surface area contributed by atoms with Gasteiger partial charge in [0, 0.05) is 73.8 Å². The fourth-order valence-corrected chi connectivity index (χ4v) is 21.7. The van der Waals surface area contributed by atoms with Gasteiger partial charge in [-0.2, -0.15) is 0 Å². The predicted octanol–water partition coefficient (Wildman–Crippen LogP) is 9.18. The van der Waals surface area contributed by atoms with Crippen LogP contribution in [0.25, 0.3) is 11.1 Å². The van der Waals surface area contributed by atoms with Gasteiger partial charge in [0.25, 0.3) is 0 Å². The molecule has 4 saturated carbocycles. The molecule has 18 N–H and O–H groups in total. The zero-order valence-electron chi connectivity index (χ0n) is 75.1. The lowest BCUT2D eigenvalue weighted by atomic mass is 9.51. The summed E-state index contributed by atoms with van der Waals surface area (Å²) in [7, 11) is -3.95. The third kappa shape index (κ3) is 22.7. The summed E-state index contributed by atoms with van der Waals surface area (Å²) in [5, 5.41) is 109. The van der Waals surface area contributed by atoms with Crippen LogP contribution in [0.3, 0.4) is 0 Å². The number of carbonyl (C=O) groups is 9. The van der Waals surface area contributed by atoms with Gasteiger partial charge in [-0.05, 0) is 220 Å². The Hall–Kier alpha value is -10.2. The summed E-state index contributed by atoms with van der Waals surface area (Å²) in [5.74, 6) is -15.8. The van der Waals surface area contributed by atoms with Gasteiger partial charge < -0.3 is 117 Å². The molecule has 0 aromatic heterocycles. The van der Waals surface area contributed by atoms with E-state index in [0.29, 0.717) is 30.6 Å². The molecule has 11 aliphatic rings. The highest BCUT2D eigenvalue weighted by atomic mass is 35.5. The fourth-order valence-electron chi connectivity index (χ4n) is 20.2. The molecular weight excluding hydrogens is 1800 g/mol. The first-order valence-electron chi connectivity index (χ1n) is 45.8. The third-order valence-corrected chi connectivity index (χ3v) is 29.1. The summed E-state index contributed by atoms with van der Waals surface area (Å²) in [5.41, 5.74) is 9.26. The molecule has 4 aliphatic carbocycles. The number of Topliss-reactive ketones (excluding diaryl/α,β-unsaturated/α-hetero) is 3. The van der Waals surface area contributed by atoms with Crippen LogP contribution in [0.1, 0.15) is 209 Å². The number of amides is 6. The van der Waals surface area contributed by atoms with Gasteiger partial charge in [-0.25, -0.2) is 17.9 Å². The molecule has 0 radical (unpaired) electrons. The van der Waals surface area contributed by atoms with Crippen LogP contribution in [-0.2, 0) is 62.6 Å². The third-order valence-electron chi connectivity index (χ3n) is 27.1. The highest BCUT2D eigenvalue weighted by molar-refractivity contribution is 7.89. The summed E-state index contributed by atoms with van der Waals surface area (Å²) >= 11 is 14.6. The molecule has 0 spiro atoms. The molecule has 17 rings (SSSR count). The van der Waals surface area contributed by atoms with Crippen molar-refractivity contribution in [2.75, 3.05) is 26.3 Å². The molecule has 6 amide bonds. The van der Waals surface area contributed by atoms with Gasteiger partial charge >= 0.3 is 6.09 Å². The Balaban J connectivity index is 0.897. The predicted molar refractivity (Wildman–Crippen MR) is 484 cm³/mol. The number of nitrogens with one attached hydrogen (secondary N) is 6. The van der Waals surface area contributed by atoms with E-state index in [1.54, 1.807) is 19.1 Å². The van der Waals surface area contributed by atoms with Crippen molar-refractivity contribution in [3.05, 3.63) is 141 Å². The lowest BCUT2D eigenvalue weighted by Gasteiger charge is -2.54. The molecule has 38 heteroatoms. The zero-order valence-corrected chi connectivity index (χ0v) is 77.4. The van der Waals surface area contributed by atoms with E-state index < -0.39 is 237 Å². The van der Waals surface area contributed by atoms with Crippen molar-refractivity contribution in [2.24, 2.45) is 58.8 Å². The number of primary amides is 1. The SMILES string of the molecule is CCCCCOc1ccc(S(=O)(=O)NCCCCNC(=O)Oc2cc(O)c3c(c2)[C@@H](C(=O)CC2C4CC5CC(C4)CC2C5)NC(=O)[C@H]2NC(=O)[C@H](CC(=O)[C@@H]4NC(=O)[C@H](CC(N)=O)CC(=O)[C@H](NC(=O)[C@H](CC)CC(C)C)[C@H](O)c5ccc(c(Cl)c5)Oc5cc4cc(c5O[C@@H]4O[C@H](CO)[C@@H](O)[C@H](O)[C@H]4O[C@H]4C[C@](C)(N)[C@H](O)[C@H](C)O4)Oc4ccc(cc4Cl)[C@H]2O)c2ccc(O)c-3c2)cc1. The van der Waals surface area contributed by atoms with Crippen LogP contribution in [0.4, 0.5) is 4.79 Å². The van der Waals surface area contributed by atoms with E-state index in [2.05, 4.69) is 38.2 Å². The van der Waals surface area contributed by atoms with E-state index >= 15 is 28.8 Å². The van der Waals surface area contributed by atoms with Crippen molar-refractivity contribution in [3.8, 4) is 62.9 Å². The molecule has 0 unspecified atom stereocenters. The Morgan fingerprint density at radius 2 is 1.33 bits per heavy atom. The van der Waals surface area contributed by atoms with Crippen molar-refractivity contribution < 1.29 is 130 Å². The molecule has 7 heterocycles. The average Bonchev–Trinajstić information content (AvgIpc) is 0.754. The minimum absolute atomic E-state index is 0.0137. The number of aromatic hydroxyl groups is 2. The van der Waals surface area contributed by atoms with Crippen LogP contribution >= 0.6 is 23.2 Å². The number of hydrogen-bond donors (Lipinski definition) is 16. The van der Waals surface area contributed by atoms with Gasteiger partial charge in [-0.15, -0.1) is 0 Å². The number of phenols is 2. The second kappa shape index (κ2) is 42.6.